The topological polar surface area (TPSA) is 39.4 Å². The van der Waals surface area contributed by atoms with Crippen LogP contribution >= 0.6 is 77.0 Å². The van der Waals surface area contributed by atoms with Crippen LogP contribution in [0.1, 0.15) is 11.1 Å². The van der Waals surface area contributed by atoms with Gasteiger partial charge in [-0.1, -0.05) is 38.4 Å². The Balaban J connectivity index is 0.000000142. The van der Waals surface area contributed by atoms with Crippen LogP contribution < -0.4 is 10.2 Å². The van der Waals surface area contributed by atoms with Crippen LogP contribution in [0, 0.1) is 7.14 Å². The molecule has 4 aromatic carbocycles. The zero-order valence-corrected chi connectivity index (χ0v) is 24.9. The van der Waals surface area contributed by atoms with Crippen LogP contribution in [0.2, 0.25) is 0 Å². The second-order valence-corrected chi connectivity index (χ2v) is 11.9. The quantitative estimate of drug-likeness (QED) is 0.114. The highest BCUT2D eigenvalue weighted by Crippen LogP contribution is 2.43. The number of hydrogen-bond acceptors (Lipinski definition) is 3. The van der Waals surface area contributed by atoms with E-state index < -0.39 is 0 Å². The van der Waals surface area contributed by atoms with Crippen molar-refractivity contribution in [3.8, 4) is 11.5 Å². The summed E-state index contributed by atoms with van der Waals surface area (Å²) in [6, 6.07) is 23.2. The molecule has 0 fully saturated rings. The Morgan fingerprint density at radius 2 is 1.21 bits per heavy atom. The van der Waals surface area contributed by atoms with Gasteiger partial charge in [0.1, 0.15) is 22.7 Å². The predicted octanol–water partition coefficient (Wildman–Crippen LogP) is 9.53. The van der Waals surface area contributed by atoms with E-state index in [1.807, 2.05) is 54.6 Å². The number of benzene rings is 4. The zero-order valence-electron chi connectivity index (χ0n) is 17.4. The summed E-state index contributed by atoms with van der Waals surface area (Å²) in [5.74, 6) is 1.75. The molecule has 0 spiro atoms. The highest BCUT2D eigenvalue weighted by molar-refractivity contribution is 14.1. The first-order valence-electron chi connectivity index (χ1n) is 10.1. The maximum absolute atomic E-state index is 12.3. The largest absolute Gasteiger partial charge is 0.456 e. The van der Waals surface area contributed by atoms with E-state index >= 15 is 0 Å². The molecule has 1 aromatic heterocycles. The molecule has 2 heterocycles. The molecule has 0 aliphatic carbocycles. The van der Waals surface area contributed by atoms with Crippen molar-refractivity contribution in [2.24, 2.45) is 0 Å². The average molecular weight is 800 g/mol. The van der Waals surface area contributed by atoms with Gasteiger partial charge in [0.25, 0.3) is 0 Å². The van der Waals surface area contributed by atoms with Gasteiger partial charge in [-0.25, -0.2) is 0 Å². The minimum Gasteiger partial charge on any atom is -0.456 e. The SMILES string of the molecule is C=C1c2cc(Br)ccc2Oc2ccc(I)cc21.O=c1c2cc(Br)ccc2oc2ccc(I)cc12. The highest BCUT2D eigenvalue weighted by atomic mass is 127. The molecule has 0 bridgehead atoms. The Bertz CT molecular complexity index is 1560. The Kier molecular flexibility index (Phi) is 6.89. The molecular weight excluding hydrogens is 786 g/mol. The van der Waals surface area contributed by atoms with E-state index in [0.29, 0.717) is 21.9 Å². The Morgan fingerprint density at radius 3 is 1.97 bits per heavy atom. The van der Waals surface area contributed by atoms with E-state index in [9.17, 15) is 4.79 Å². The molecular formula is C27H14Br2I2O3. The van der Waals surface area contributed by atoms with Gasteiger partial charge in [-0.2, -0.15) is 0 Å². The third-order valence-corrected chi connectivity index (χ3v) is 7.67. The molecule has 0 unspecified atom stereocenters. The Hall–Kier alpha value is -1.69. The van der Waals surface area contributed by atoms with Crippen molar-refractivity contribution in [1.29, 1.82) is 0 Å². The van der Waals surface area contributed by atoms with Crippen LogP contribution in [0.4, 0.5) is 0 Å². The standard InChI is InChI=1S/C14H8BrIO.C13H6BrIO2/c1-8-11-6-9(15)2-4-13(11)17-14-5-3-10(16)7-12(8)14;14-7-1-3-11-9(5-7)13(16)10-6-8(15)2-4-12(10)17-11/h2-7H,1H2;1-6H. The van der Waals surface area contributed by atoms with Crippen molar-refractivity contribution in [1.82, 2.24) is 0 Å². The summed E-state index contributed by atoms with van der Waals surface area (Å²) >= 11 is 11.3. The van der Waals surface area contributed by atoms with Crippen LogP contribution in [-0.4, -0.2) is 0 Å². The van der Waals surface area contributed by atoms with Gasteiger partial charge in [0.05, 0.1) is 10.8 Å². The van der Waals surface area contributed by atoms with E-state index in [1.54, 1.807) is 12.1 Å². The fourth-order valence-corrected chi connectivity index (χ4v) is 5.42. The van der Waals surface area contributed by atoms with Gasteiger partial charge >= 0.3 is 0 Å². The lowest BCUT2D eigenvalue weighted by Crippen LogP contribution is -2.02. The molecule has 0 N–H and O–H groups in total. The molecule has 0 amide bonds. The van der Waals surface area contributed by atoms with Crippen molar-refractivity contribution < 1.29 is 9.15 Å². The van der Waals surface area contributed by atoms with Crippen molar-refractivity contribution in [2.75, 3.05) is 0 Å². The minimum atomic E-state index is 0.0149. The monoisotopic (exact) mass is 798 g/mol. The van der Waals surface area contributed by atoms with E-state index in [4.69, 9.17) is 9.15 Å². The smallest absolute Gasteiger partial charge is 0.200 e. The summed E-state index contributed by atoms with van der Waals surface area (Å²) in [7, 11) is 0. The van der Waals surface area contributed by atoms with Crippen molar-refractivity contribution in [3.63, 3.8) is 0 Å². The second kappa shape index (κ2) is 9.75. The van der Waals surface area contributed by atoms with E-state index in [1.165, 1.54) is 3.57 Å². The Morgan fingerprint density at radius 1 is 0.676 bits per heavy atom. The predicted molar refractivity (Wildman–Crippen MR) is 162 cm³/mol. The minimum absolute atomic E-state index is 0.0149. The third-order valence-electron chi connectivity index (χ3n) is 5.35. The number of ether oxygens (including phenoxy) is 1. The first kappa shape index (κ1) is 24.0. The molecule has 3 nitrogen and oxygen atoms in total. The van der Waals surface area contributed by atoms with Gasteiger partial charge in [0.2, 0.25) is 5.43 Å². The van der Waals surface area contributed by atoms with Gasteiger partial charge in [-0.3, -0.25) is 4.79 Å². The lowest BCUT2D eigenvalue weighted by Gasteiger charge is -2.22. The third kappa shape index (κ3) is 4.72. The number of fused-ring (bicyclic) bond motifs is 4. The fourth-order valence-electron chi connectivity index (χ4n) is 3.72. The van der Waals surface area contributed by atoms with Crippen LogP contribution in [0.3, 0.4) is 0 Å². The zero-order chi connectivity index (χ0) is 24.0. The lowest BCUT2D eigenvalue weighted by molar-refractivity contribution is 0.474. The van der Waals surface area contributed by atoms with E-state index in [2.05, 4.69) is 89.7 Å². The van der Waals surface area contributed by atoms with Crippen LogP contribution in [-0.2, 0) is 0 Å². The normalized spacial score (nSPS) is 11.9. The van der Waals surface area contributed by atoms with Crippen molar-refractivity contribution in [3.05, 3.63) is 117 Å². The van der Waals surface area contributed by atoms with Crippen LogP contribution in [0.5, 0.6) is 11.5 Å². The van der Waals surface area contributed by atoms with E-state index in [-0.39, 0.29) is 5.43 Å². The van der Waals surface area contributed by atoms with Crippen molar-refractivity contribution in [2.45, 2.75) is 0 Å². The molecule has 1 aliphatic rings. The van der Waals surface area contributed by atoms with Crippen molar-refractivity contribution >= 4 is 105 Å². The summed E-state index contributed by atoms with van der Waals surface area (Å²) in [4.78, 5) is 12.3. The van der Waals surface area contributed by atoms with Gasteiger partial charge in [-0.05, 0) is 124 Å². The molecule has 0 saturated carbocycles. The maximum Gasteiger partial charge on any atom is 0.200 e. The summed E-state index contributed by atoms with van der Waals surface area (Å²) in [5, 5.41) is 1.23. The number of halogens is 4. The molecule has 0 saturated heterocycles. The number of hydrogen-bond donors (Lipinski definition) is 0. The summed E-state index contributed by atoms with van der Waals surface area (Å²) in [6.45, 7) is 4.17. The Labute approximate surface area is 239 Å². The number of rotatable bonds is 0. The van der Waals surface area contributed by atoms with Gasteiger partial charge < -0.3 is 9.15 Å². The van der Waals surface area contributed by atoms with Gasteiger partial charge in [0.15, 0.2) is 0 Å². The second-order valence-electron chi connectivity index (χ2n) is 7.57. The molecule has 34 heavy (non-hydrogen) atoms. The molecule has 0 atom stereocenters. The lowest BCUT2D eigenvalue weighted by atomic mass is 9.96. The molecule has 0 radical (unpaired) electrons. The van der Waals surface area contributed by atoms with Crippen LogP contribution in [0.25, 0.3) is 27.5 Å². The van der Waals surface area contributed by atoms with Gasteiger partial charge in [0, 0.05) is 27.2 Å². The highest BCUT2D eigenvalue weighted by Gasteiger charge is 2.20. The summed E-state index contributed by atoms with van der Waals surface area (Å²) in [5.41, 5.74) is 4.40. The first-order chi connectivity index (χ1) is 16.3. The molecule has 7 heteroatoms. The molecule has 6 rings (SSSR count). The molecule has 5 aromatic rings. The first-order valence-corrected chi connectivity index (χ1v) is 13.8. The maximum atomic E-state index is 12.3. The average Bonchev–Trinajstić information content (AvgIpc) is 2.82. The molecule has 168 valence electrons. The van der Waals surface area contributed by atoms with E-state index in [0.717, 1.165) is 40.7 Å². The molecule has 1 aliphatic heterocycles. The summed E-state index contributed by atoms with van der Waals surface area (Å²) in [6.07, 6.45) is 0. The van der Waals surface area contributed by atoms with Crippen LogP contribution in [0.15, 0.2) is 97.5 Å². The summed E-state index contributed by atoms with van der Waals surface area (Å²) < 4.78 is 15.7. The fraction of sp³-hybridized carbons (Fsp3) is 0. The van der Waals surface area contributed by atoms with Gasteiger partial charge in [-0.15, -0.1) is 0 Å².